The van der Waals surface area contributed by atoms with Crippen LogP contribution in [-0.2, 0) is 32.7 Å². The number of phosphoric ester groups is 1. The highest BCUT2D eigenvalue weighted by atomic mass is 31.2. The lowest BCUT2D eigenvalue weighted by atomic mass is 10.1. The van der Waals surface area contributed by atoms with Gasteiger partial charge in [0, 0.05) is 12.8 Å². The molecular formula is C32H66N3O8P. The number of carbonyl (C=O) groups is 2. The Kier molecular flexibility index (Phi) is 27.5. The molecule has 0 aromatic rings. The van der Waals surface area contributed by atoms with Gasteiger partial charge in [0.25, 0.3) is 7.82 Å². The van der Waals surface area contributed by atoms with Crippen LogP contribution >= 0.6 is 7.82 Å². The minimum Gasteiger partial charge on any atom is -0.756 e. The minimum atomic E-state index is -4.61. The van der Waals surface area contributed by atoms with E-state index in [-0.39, 0.29) is 26.1 Å². The molecule has 0 saturated carbocycles. The Bertz CT molecular complexity index is 752. The van der Waals surface area contributed by atoms with Gasteiger partial charge in [-0.05, 0) is 38.8 Å². The lowest BCUT2D eigenvalue weighted by Crippen LogP contribution is -2.37. The quantitative estimate of drug-likeness (QED) is 0.0418. The highest BCUT2D eigenvalue weighted by Crippen LogP contribution is 2.38. The fraction of sp³-hybridized carbons (Fsp3) is 0.938. The van der Waals surface area contributed by atoms with Gasteiger partial charge in [-0.1, -0.05) is 89.9 Å². The van der Waals surface area contributed by atoms with Crippen LogP contribution in [-0.4, -0.2) is 83.1 Å². The SMILES string of the molecule is C[N+](C)(C)CCOP(=O)([O-])OCC(COC(=O)CCCCCCCCCCCN)OC(=O)CCCCCCCCCCCN. The second kappa shape index (κ2) is 28.2. The first-order valence-electron chi connectivity index (χ1n) is 17.1. The normalized spacial score (nSPS) is 13.9. The van der Waals surface area contributed by atoms with Crippen molar-refractivity contribution in [2.45, 2.75) is 135 Å². The summed E-state index contributed by atoms with van der Waals surface area (Å²) in [6.07, 6.45) is 18.9. The van der Waals surface area contributed by atoms with Crippen LogP contribution in [0.4, 0.5) is 0 Å². The van der Waals surface area contributed by atoms with Crippen LogP contribution in [0.3, 0.4) is 0 Å². The zero-order chi connectivity index (χ0) is 32.9. The molecule has 0 aromatic carbocycles. The number of unbranched alkanes of at least 4 members (excludes halogenated alkanes) is 16. The monoisotopic (exact) mass is 651 g/mol. The van der Waals surface area contributed by atoms with Gasteiger partial charge in [-0.25, -0.2) is 0 Å². The van der Waals surface area contributed by atoms with Crippen LogP contribution in [0.15, 0.2) is 0 Å². The van der Waals surface area contributed by atoms with Gasteiger partial charge in [-0.2, -0.15) is 0 Å². The van der Waals surface area contributed by atoms with E-state index in [1.54, 1.807) is 0 Å². The van der Waals surface area contributed by atoms with Crippen LogP contribution < -0.4 is 16.4 Å². The van der Waals surface area contributed by atoms with Crippen molar-refractivity contribution < 1.29 is 42.1 Å². The third-order valence-electron chi connectivity index (χ3n) is 7.33. The van der Waals surface area contributed by atoms with Crippen molar-refractivity contribution in [3.05, 3.63) is 0 Å². The summed E-state index contributed by atoms with van der Waals surface area (Å²) in [5.41, 5.74) is 11.0. The van der Waals surface area contributed by atoms with Crippen molar-refractivity contribution in [1.29, 1.82) is 0 Å². The Labute approximate surface area is 268 Å². The zero-order valence-electron chi connectivity index (χ0n) is 28.3. The Balaban J connectivity index is 4.47. The molecule has 0 fully saturated rings. The molecule has 2 unspecified atom stereocenters. The fourth-order valence-corrected chi connectivity index (χ4v) is 5.29. The smallest absolute Gasteiger partial charge is 0.306 e. The predicted molar refractivity (Wildman–Crippen MR) is 174 cm³/mol. The number of hydrogen-bond donors (Lipinski definition) is 2. The van der Waals surface area contributed by atoms with Crippen molar-refractivity contribution in [2.24, 2.45) is 11.5 Å². The van der Waals surface area contributed by atoms with Gasteiger partial charge in [-0.3, -0.25) is 14.2 Å². The van der Waals surface area contributed by atoms with E-state index in [2.05, 4.69) is 0 Å². The van der Waals surface area contributed by atoms with Crippen molar-refractivity contribution in [3.8, 4) is 0 Å². The molecule has 4 N–H and O–H groups in total. The summed E-state index contributed by atoms with van der Waals surface area (Å²) in [5.74, 6) is -0.869. The summed E-state index contributed by atoms with van der Waals surface area (Å²) < 4.78 is 33.5. The molecule has 12 heteroatoms. The van der Waals surface area contributed by atoms with Gasteiger partial charge in [0.15, 0.2) is 6.10 Å². The van der Waals surface area contributed by atoms with Gasteiger partial charge in [0.05, 0.1) is 27.7 Å². The van der Waals surface area contributed by atoms with Gasteiger partial charge in [0.1, 0.15) is 19.8 Å². The Hall–Kier alpha value is -1.07. The number of hydrogen-bond acceptors (Lipinski definition) is 10. The molecule has 0 radical (unpaired) electrons. The highest BCUT2D eigenvalue weighted by molar-refractivity contribution is 7.45. The van der Waals surface area contributed by atoms with Gasteiger partial charge < -0.3 is 39.4 Å². The van der Waals surface area contributed by atoms with Crippen molar-refractivity contribution in [2.75, 3.05) is 60.6 Å². The van der Waals surface area contributed by atoms with Gasteiger partial charge in [-0.15, -0.1) is 0 Å². The van der Waals surface area contributed by atoms with Gasteiger partial charge >= 0.3 is 11.9 Å². The van der Waals surface area contributed by atoms with Crippen LogP contribution in [0.1, 0.15) is 128 Å². The third kappa shape index (κ3) is 30.9. The Morgan fingerprint density at radius 3 is 1.48 bits per heavy atom. The molecule has 262 valence electrons. The van der Waals surface area contributed by atoms with E-state index in [1.807, 2.05) is 21.1 Å². The Morgan fingerprint density at radius 1 is 0.636 bits per heavy atom. The average molecular weight is 652 g/mol. The molecule has 0 aromatic heterocycles. The highest BCUT2D eigenvalue weighted by Gasteiger charge is 2.21. The molecule has 44 heavy (non-hydrogen) atoms. The fourth-order valence-electron chi connectivity index (χ4n) is 4.56. The maximum absolute atomic E-state index is 12.5. The summed E-state index contributed by atoms with van der Waals surface area (Å²) in [6.45, 7) is 1.20. The van der Waals surface area contributed by atoms with Gasteiger partial charge in [0.2, 0.25) is 0 Å². The average Bonchev–Trinajstić information content (AvgIpc) is 2.95. The summed E-state index contributed by atoms with van der Waals surface area (Å²) in [5, 5.41) is 0. The van der Waals surface area contributed by atoms with E-state index >= 15 is 0 Å². The molecule has 0 rings (SSSR count). The molecule has 0 aliphatic carbocycles. The third-order valence-corrected chi connectivity index (χ3v) is 8.29. The van der Waals surface area contributed by atoms with Crippen LogP contribution in [0.5, 0.6) is 0 Å². The number of ether oxygens (including phenoxy) is 2. The van der Waals surface area contributed by atoms with E-state index in [0.29, 0.717) is 17.4 Å². The second-order valence-corrected chi connectivity index (χ2v) is 14.2. The summed E-state index contributed by atoms with van der Waals surface area (Å²) in [4.78, 5) is 37.1. The minimum absolute atomic E-state index is 0.0360. The molecule has 0 spiro atoms. The van der Waals surface area contributed by atoms with Crippen LogP contribution in [0.2, 0.25) is 0 Å². The van der Waals surface area contributed by atoms with Crippen LogP contribution in [0.25, 0.3) is 0 Å². The largest absolute Gasteiger partial charge is 0.756 e. The molecule has 2 atom stereocenters. The molecule has 0 heterocycles. The zero-order valence-corrected chi connectivity index (χ0v) is 29.2. The number of carbonyl (C=O) groups excluding carboxylic acids is 2. The predicted octanol–water partition coefficient (Wildman–Crippen LogP) is 5.37. The molecular weight excluding hydrogens is 585 g/mol. The van der Waals surface area contributed by atoms with Crippen molar-refractivity contribution >= 4 is 19.8 Å². The van der Waals surface area contributed by atoms with E-state index in [0.717, 1.165) is 70.9 Å². The van der Waals surface area contributed by atoms with Crippen molar-refractivity contribution in [1.82, 2.24) is 0 Å². The lowest BCUT2D eigenvalue weighted by molar-refractivity contribution is -0.870. The molecule has 0 amide bonds. The standard InChI is InChI=1S/C32H66N3O8P/c1-35(2,3)26-27-41-44(38,39)42-29-30(43-32(37)23-19-15-11-7-5-9-13-17-21-25-34)28-40-31(36)22-18-14-10-6-4-8-12-16-20-24-33/h30H,4-29,33-34H2,1-3H3. The molecule has 0 bridgehead atoms. The maximum atomic E-state index is 12.5. The van der Waals surface area contributed by atoms with E-state index < -0.39 is 32.5 Å². The lowest BCUT2D eigenvalue weighted by Gasteiger charge is -2.28. The molecule has 11 nitrogen and oxygen atoms in total. The number of quaternary nitrogens is 1. The maximum Gasteiger partial charge on any atom is 0.306 e. The van der Waals surface area contributed by atoms with Crippen LogP contribution in [0, 0.1) is 0 Å². The number of nitrogens with two attached hydrogens (primary N) is 2. The summed E-state index contributed by atoms with van der Waals surface area (Å²) >= 11 is 0. The molecule has 0 aliphatic rings. The number of likely N-dealkylation sites (N-methyl/N-ethyl adjacent to an activating group) is 1. The number of nitrogens with zero attached hydrogens (tertiary/aromatic N) is 1. The summed E-state index contributed by atoms with van der Waals surface area (Å²) in [6, 6.07) is 0. The number of rotatable bonds is 32. The first-order valence-corrected chi connectivity index (χ1v) is 18.6. The summed E-state index contributed by atoms with van der Waals surface area (Å²) in [7, 11) is 1.14. The van der Waals surface area contributed by atoms with Crippen molar-refractivity contribution in [3.63, 3.8) is 0 Å². The topological polar surface area (TPSA) is 163 Å². The van der Waals surface area contributed by atoms with E-state index in [4.69, 9.17) is 30.0 Å². The first-order chi connectivity index (χ1) is 21.0. The molecule has 0 aliphatic heterocycles. The first kappa shape index (κ1) is 42.9. The number of phosphoric acid groups is 1. The second-order valence-electron chi connectivity index (χ2n) is 12.8. The van der Waals surface area contributed by atoms with E-state index in [1.165, 1.54) is 51.4 Å². The molecule has 0 saturated heterocycles. The van der Waals surface area contributed by atoms with E-state index in [9.17, 15) is 19.0 Å². The Morgan fingerprint density at radius 2 is 1.05 bits per heavy atom. The number of esters is 2.